The third-order valence-corrected chi connectivity index (χ3v) is 4.18. The zero-order chi connectivity index (χ0) is 17.3. The second-order valence-electron chi connectivity index (χ2n) is 5.97. The maximum absolute atomic E-state index is 12.2. The van der Waals surface area contributed by atoms with Crippen LogP contribution in [0.25, 0.3) is 22.2 Å². The number of carbonyl (C=O) groups is 1. The number of ether oxygens (including phenoxy) is 1. The van der Waals surface area contributed by atoms with Crippen molar-refractivity contribution in [2.75, 3.05) is 0 Å². The molecule has 1 aromatic carbocycles. The number of hydrogen-bond donors (Lipinski definition) is 0. The molecule has 2 heterocycles. The summed E-state index contributed by atoms with van der Waals surface area (Å²) in [4.78, 5) is 28.3. The third kappa shape index (κ3) is 3.54. The SMILES string of the molecule is Cc1nc(-c2cc3ccc(OC(=O)CC(C)C)cc3oc2=O)cs1. The molecule has 6 heteroatoms. The molecular formula is C18H17NO4S. The van der Waals surface area contributed by atoms with Crippen molar-refractivity contribution in [1.29, 1.82) is 0 Å². The van der Waals surface area contributed by atoms with Crippen LogP contribution in [-0.4, -0.2) is 11.0 Å². The Hall–Kier alpha value is -2.47. The molecule has 0 fully saturated rings. The van der Waals surface area contributed by atoms with Crippen molar-refractivity contribution in [3.8, 4) is 17.0 Å². The molecule has 0 radical (unpaired) electrons. The normalized spacial score (nSPS) is 11.2. The predicted molar refractivity (Wildman–Crippen MR) is 93.4 cm³/mol. The number of aromatic nitrogens is 1. The molecule has 3 aromatic rings. The molecule has 2 aromatic heterocycles. The second-order valence-corrected chi connectivity index (χ2v) is 7.03. The van der Waals surface area contributed by atoms with Gasteiger partial charge in [0.25, 0.3) is 0 Å². The first-order chi connectivity index (χ1) is 11.4. The largest absolute Gasteiger partial charge is 0.426 e. The molecule has 24 heavy (non-hydrogen) atoms. The molecule has 0 atom stereocenters. The van der Waals surface area contributed by atoms with E-state index in [4.69, 9.17) is 9.15 Å². The van der Waals surface area contributed by atoms with Crippen LogP contribution in [0, 0.1) is 12.8 Å². The zero-order valence-electron chi connectivity index (χ0n) is 13.7. The Labute approximate surface area is 142 Å². The van der Waals surface area contributed by atoms with E-state index in [2.05, 4.69) is 4.98 Å². The van der Waals surface area contributed by atoms with E-state index >= 15 is 0 Å². The predicted octanol–water partition coefficient (Wildman–Crippen LogP) is 4.18. The average Bonchev–Trinajstić information content (AvgIpc) is 2.91. The van der Waals surface area contributed by atoms with Gasteiger partial charge in [-0.1, -0.05) is 13.8 Å². The van der Waals surface area contributed by atoms with Gasteiger partial charge in [-0.15, -0.1) is 11.3 Å². The topological polar surface area (TPSA) is 69.4 Å². The van der Waals surface area contributed by atoms with E-state index in [1.54, 1.807) is 24.3 Å². The molecule has 124 valence electrons. The lowest BCUT2D eigenvalue weighted by Crippen LogP contribution is -2.10. The van der Waals surface area contributed by atoms with E-state index < -0.39 is 5.63 Å². The summed E-state index contributed by atoms with van der Waals surface area (Å²) in [6.07, 6.45) is 0.337. The van der Waals surface area contributed by atoms with Gasteiger partial charge in [0, 0.05) is 23.3 Å². The first-order valence-corrected chi connectivity index (χ1v) is 8.51. The monoisotopic (exact) mass is 343 g/mol. The summed E-state index contributed by atoms with van der Waals surface area (Å²) >= 11 is 1.48. The molecule has 0 bridgehead atoms. The number of thiazole rings is 1. The quantitative estimate of drug-likeness (QED) is 0.404. The van der Waals surface area contributed by atoms with Crippen LogP contribution in [0.3, 0.4) is 0 Å². The van der Waals surface area contributed by atoms with E-state index in [1.807, 2.05) is 26.2 Å². The minimum Gasteiger partial charge on any atom is -0.426 e. The number of nitrogens with zero attached hydrogens (tertiary/aromatic N) is 1. The fourth-order valence-corrected chi connectivity index (χ4v) is 2.94. The lowest BCUT2D eigenvalue weighted by atomic mass is 10.1. The van der Waals surface area contributed by atoms with Crippen molar-refractivity contribution in [2.24, 2.45) is 5.92 Å². The van der Waals surface area contributed by atoms with Gasteiger partial charge in [0.15, 0.2) is 0 Å². The Kier molecular flexibility index (Phi) is 4.49. The molecular weight excluding hydrogens is 326 g/mol. The first kappa shape index (κ1) is 16.4. The second kappa shape index (κ2) is 6.57. The summed E-state index contributed by atoms with van der Waals surface area (Å²) in [5, 5.41) is 3.46. The van der Waals surface area contributed by atoms with E-state index in [9.17, 15) is 9.59 Å². The Morgan fingerprint density at radius 3 is 2.79 bits per heavy atom. The average molecular weight is 343 g/mol. The van der Waals surface area contributed by atoms with E-state index in [0.717, 1.165) is 10.4 Å². The van der Waals surface area contributed by atoms with Gasteiger partial charge >= 0.3 is 11.6 Å². The van der Waals surface area contributed by atoms with Crippen LogP contribution in [0.1, 0.15) is 25.3 Å². The minimum atomic E-state index is -0.460. The van der Waals surface area contributed by atoms with Crippen LogP contribution < -0.4 is 10.4 Å². The van der Waals surface area contributed by atoms with Crippen molar-refractivity contribution in [1.82, 2.24) is 4.98 Å². The summed E-state index contributed by atoms with van der Waals surface area (Å²) < 4.78 is 10.7. The smallest absolute Gasteiger partial charge is 0.345 e. The maximum Gasteiger partial charge on any atom is 0.345 e. The van der Waals surface area contributed by atoms with E-state index in [1.165, 1.54) is 11.3 Å². The molecule has 0 unspecified atom stereocenters. The number of rotatable bonds is 4. The fourth-order valence-electron chi connectivity index (χ4n) is 2.33. The summed E-state index contributed by atoms with van der Waals surface area (Å²) in [6.45, 7) is 5.78. The Bertz CT molecular complexity index is 955. The van der Waals surface area contributed by atoms with Crippen molar-refractivity contribution < 1.29 is 13.9 Å². The highest BCUT2D eigenvalue weighted by Crippen LogP contribution is 2.25. The van der Waals surface area contributed by atoms with Gasteiger partial charge < -0.3 is 9.15 Å². The Balaban J connectivity index is 1.94. The van der Waals surface area contributed by atoms with Crippen LogP contribution in [0.15, 0.2) is 38.9 Å². The molecule has 5 nitrogen and oxygen atoms in total. The minimum absolute atomic E-state index is 0.222. The summed E-state index contributed by atoms with van der Waals surface area (Å²) in [7, 11) is 0. The lowest BCUT2D eigenvalue weighted by Gasteiger charge is -2.07. The highest BCUT2D eigenvalue weighted by molar-refractivity contribution is 7.09. The zero-order valence-corrected chi connectivity index (χ0v) is 14.5. The molecule has 3 rings (SSSR count). The number of benzene rings is 1. The number of hydrogen-bond acceptors (Lipinski definition) is 6. The van der Waals surface area contributed by atoms with E-state index in [-0.39, 0.29) is 11.9 Å². The van der Waals surface area contributed by atoms with Gasteiger partial charge in [-0.2, -0.15) is 0 Å². The molecule has 0 aliphatic rings. The van der Waals surface area contributed by atoms with Gasteiger partial charge in [0.05, 0.1) is 16.3 Å². The van der Waals surface area contributed by atoms with Crippen molar-refractivity contribution in [3.05, 3.63) is 45.1 Å². The fraction of sp³-hybridized carbons (Fsp3) is 0.278. The van der Waals surface area contributed by atoms with Gasteiger partial charge in [0.2, 0.25) is 0 Å². The molecule has 0 aliphatic carbocycles. The first-order valence-electron chi connectivity index (χ1n) is 7.63. The molecule has 0 aliphatic heterocycles. The molecule has 0 N–H and O–H groups in total. The van der Waals surface area contributed by atoms with Crippen molar-refractivity contribution >= 4 is 28.3 Å². The molecule has 0 spiro atoms. The van der Waals surface area contributed by atoms with Gasteiger partial charge in [0.1, 0.15) is 11.3 Å². The number of fused-ring (bicyclic) bond motifs is 1. The van der Waals surface area contributed by atoms with Crippen LogP contribution >= 0.6 is 11.3 Å². The van der Waals surface area contributed by atoms with Gasteiger partial charge in [-0.25, -0.2) is 9.78 Å². The summed E-state index contributed by atoms with van der Waals surface area (Å²) in [6, 6.07) is 6.76. The molecule has 0 amide bonds. The van der Waals surface area contributed by atoms with Crippen LogP contribution in [0.4, 0.5) is 0 Å². The number of aryl methyl sites for hydroxylation is 1. The Morgan fingerprint density at radius 2 is 2.12 bits per heavy atom. The number of carbonyl (C=O) groups excluding carboxylic acids is 1. The molecule has 0 saturated heterocycles. The van der Waals surface area contributed by atoms with Gasteiger partial charge in [-0.3, -0.25) is 4.79 Å². The maximum atomic E-state index is 12.2. The van der Waals surface area contributed by atoms with Crippen LogP contribution in [0.2, 0.25) is 0 Å². The highest BCUT2D eigenvalue weighted by Gasteiger charge is 2.12. The standard InChI is InChI=1S/C18H17NO4S/c1-10(2)6-17(20)22-13-5-4-12-7-14(15-9-24-11(3)19-15)18(21)23-16(12)8-13/h4-5,7-10H,6H2,1-3H3. The Morgan fingerprint density at radius 1 is 1.33 bits per heavy atom. The summed E-state index contributed by atoms with van der Waals surface area (Å²) in [5.74, 6) is 0.287. The van der Waals surface area contributed by atoms with Crippen LogP contribution in [-0.2, 0) is 4.79 Å². The van der Waals surface area contributed by atoms with Crippen molar-refractivity contribution in [3.63, 3.8) is 0 Å². The van der Waals surface area contributed by atoms with Crippen molar-refractivity contribution in [2.45, 2.75) is 27.2 Å². The number of esters is 1. The third-order valence-electron chi connectivity index (χ3n) is 3.41. The lowest BCUT2D eigenvalue weighted by molar-refractivity contribution is -0.135. The van der Waals surface area contributed by atoms with Crippen LogP contribution in [0.5, 0.6) is 5.75 Å². The summed E-state index contributed by atoms with van der Waals surface area (Å²) in [5.41, 5.74) is 0.959. The molecule has 0 saturated carbocycles. The van der Waals surface area contributed by atoms with E-state index in [0.29, 0.717) is 29.0 Å². The highest BCUT2D eigenvalue weighted by atomic mass is 32.1. The van der Waals surface area contributed by atoms with Gasteiger partial charge in [-0.05, 0) is 31.0 Å².